The standard InChI is InChI=1S/C22H31N3O3/c1-4-16(3)23-21(27)17-9-11-24(12-10-17)22(28)18-13-20(26)25(14-18)19-7-5-15(2)6-8-19/h5-8,16-18H,4,9-14H2,1-3H3,(H,23,27). The van der Waals surface area contributed by atoms with Crippen LogP contribution in [0.4, 0.5) is 5.69 Å². The van der Waals surface area contributed by atoms with Crippen molar-refractivity contribution in [3.05, 3.63) is 29.8 Å². The zero-order chi connectivity index (χ0) is 20.3. The molecule has 1 N–H and O–H groups in total. The zero-order valence-electron chi connectivity index (χ0n) is 17.1. The summed E-state index contributed by atoms with van der Waals surface area (Å²) in [7, 11) is 0. The van der Waals surface area contributed by atoms with Crippen LogP contribution >= 0.6 is 0 Å². The molecule has 2 aliphatic rings. The van der Waals surface area contributed by atoms with Crippen LogP contribution in [0, 0.1) is 18.8 Å². The molecule has 3 amide bonds. The third-order valence-corrected chi connectivity index (χ3v) is 6.00. The van der Waals surface area contributed by atoms with E-state index in [0.29, 0.717) is 32.5 Å². The second kappa shape index (κ2) is 8.76. The van der Waals surface area contributed by atoms with Crippen LogP contribution in [0.2, 0.25) is 0 Å². The minimum absolute atomic E-state index is 0.00465. The minimum Gasteiger partial charge on any atom is -0.353 e. The highest BCUT2D eigenvalue weighted by atomic mass is 16.2. The first-order chi connectivity index (χ1) is 13.4. The first kappa shape index (κ1) is 20.4. The Morgan fingerprint density at radius 1 is 1.14 bits per heavy atom. The van der Waals surface area contributed by atoms with Crippen LogP contribution < -0.4 is 10.2 Å². The van der Waals surface area contributed by atoms with E-state index in [0.717, 1.165) is 17.7 Å². The lowest BCUT2D eigenvalue weighted by atomic mass is 9.94. The van der Waals surface area contributed by atoms with E-state index in [1.807, 2.05) is 43.0 Å². The summed E-state index contributed by atoms with van der Waals surface area (Å²) >= 11 is 0. The molecule has 1 aromatic rings. The van der Waals surface area contributed by atoms with Gasteiger partial charge >= 0.3 is 0 Å². The predicted octanol–water partition coefficient (Wildman–Crippen LogP) is 2.50. The van der Waals surface area contributed by atoms with Crippen molar-refractivity contribution >= 4 is 23.4 Å². The van der Waals surface area contributed by atoms with E-state index >= 15 is 0 Å². The van der Waals surface area contributed by atoms with Crippen LogP contribution in [-0.4, -0.2) is 48.3 Å². The first-order valence-electron chi connectivity index (χ1n) is 10.3. The Bertz CT molecular complexity index is 723. The molecule has 28 heavy (non-hydrogen) atoms. The van der Waals surface area contributed by atoms with Gasteiger partial charge in [-0.25, -0.2) is 0 Å². The first-order valence-corrected chi connectivity index (χ1v) is 10.3. The van der Waals surface area contributed by atoms with E-state index < -0.39 is 0 Å². The van der Waals surface area contributed by atoms with Gasteiger partial charge in [0.1, 0.15) is 0 Å². The summed E-state index contributed by atoms with van der Waals surface area (Å²) in [6.07, 6.45) is 2.56. The molecule has 0 saturated carbocycles. The van der Waals surface area contributed by atoms with Crippen LogP contribution in [0.1, 0.15) is 45.1 Å². The Morgan fingerprint density at radius 2 is 1.79 bits per heavy atom. The summed E-state index contributed by atoms with van der Waals surface area (Å²) in [5, 5.41) is 3.04. The molecule has 2 saturated heterocycles. The number of amides is 3. The van der Waals surface area contributed by atoms with Crippen molar-refractivity contribution in [2.45, 2.75) is 52.5 Å². The summed E-state index contributed by atoms with van der Waals surface area (Å²) in [4.78, 5) is 41.2. The number of piperidine rings is 1. The Hall–Kier alpha value is -2.37. The van der Waals surface area contributed by atoms with E-state index in [9.17, 15) is 14.4 Å². The normalized spacial score (nSPS) is 21.7. The molecule has 1 aromatic carbocycles. The lowest BCUT2D eigenvalue weighted by Gasteiger charge is -2.33. The number of benzene rings is 1. The molecule has 2 atom stereocenters. The van der Waals surface area contributed by atoms with Gasteiger partial charge < -0.3 is 15.1 Å². The second-order valence-electron chi connectivity index (χ2n) is 8.16. The Balaban J connectivity index is 1.53. The van der Waals surface area contributed by atoms with Crippen LogP contribution in [0.5, 0.6) is 0 Å². The molecule has 2 unspecified atom stereocenters. The molecule has 0 aliphatic carbocycles. The molecule has 0 radical (unpaired) electrons. The van der Waals surface area contributed by atoms with Crippen LogP contribution in [0.15, 0.2) is 24.3 Å². The number of nitrogens with one attached hydrogen (secondary N) is 1. The van der Waals surface area contributed by atoms with Gasteiger partial charge in [-0.2, -0.15) is 0 Å². The number of hydrogen-bond acceptors (Lipinski definition) is 3. The molecule has 0 bridgehead atoms. The van der Waals surface area contributed by atoms with Crippen molar-refractivity contribution in [1.29, 1.82) is 0 Å². The van der Waals surface area contributed by atoms with E-state index in [1.54, 1.807) is 4.90 Å². The van der Waals surface area contributed by atoms with Gasteiger partial charge in [-0.3, -0.25) is 14.4 Å². The third kappa shape index (κ3) is 4.54. The van der Waals surface area contributed by atoms with Gasteiger partial charge in [-0.05, 0) is 45.2 Å². The average Bonchev–Trinajstić information content (AvgIpc) is 3.09. The number of hydrogen-bond donors (Lipinski definition) is 1. The molecule has 6 nitrogen and oxygen atoms in total. The van der Waals surface area contributed by atoms with Gasteiger partial charge in [0.15, 0.2) is 0 Å². The molecule has 0 spiro atoms. The fourth-order valence-electron chi connectivity index (χ4n) is 3.93. The minimum atomic E-state index is -0.292. The van der Waals surface area contributed by atoms with E-state index in [4.69, 9.17) is 0 Å². The summed E-state index contributed by atoms with van der Waals surface area (Å²) in [6, 6.07) is 8.01. The summed E-state index contributed by atoms with van der Waals surface area (Å²) in [5.74, 6) is -0.164. The number of carbonyl (C=O) groups excluding carboxylic acids is 3. The Kier molecular flexibility index (Phi) is 6.37. The Labute approximate surface area is 167 Å². The van der Waals surface area contributed by atoms with Gasteiger partial charge in [-0.15, -0.1) is 0 Å². The van der Waals surface area contributed by atoms with Crippen molar-refractivity contribution in [3.8, 4) is 0 Å². The fraction of sp³-hybridized carbons (Fsp3) is 0.591. The van der Waals surface area contributed by atoms with E-state index in [1.165, 1.54) is 0 Å². The maximum Gasteiger partial charge on any atom is 0.228 e. The van der Waals surface area contributed by atoms with Gasteiger partial charge in [0.25, 0.3) is 0 Å². The number of aryl methyl sites for hydroxylation is 1. The molecule has 152 valence electrons. The van der Waals surface area contributed by atoms with E-state index in [-0.39, 0.29) is 42.0 Å². The number of rotatable bonds is 5. The number of carbonyl (C=O) groups is 3. The second-order valence-corrected chi connectivity index (χ2v) is 8.16. The summed E-state index contributed by atoms with van der Waals surface area (Å²) in [6.45, 7) is 7.69. The molecule has 3 rings (SSSR count). The highest BCUT2D eigenvalue weighted by molar-refractivity contribution is 6.00. The summed E-state index contributed by atoms with van der Waals surface area (Å²) in [5.41, 5.74) is 1.99. The largest absolute Gasteiger partial charge is 0.353 e. The third-order valence-electron chi connectivity index (χ3n) is 6.00. The number of likely N-dealkylation sites (tertiary alicyclic amines) is 1. The molecule has 0 aromatic heterocycles. The van der Waals surface area contributed by atoms with Crippen LogP contribution in [0.3, 0.4) is 0 Å². The maximum atomic E-state index is 12.9. The smallest absolute Gasteiger partial charge is 0.228 e. The summed E-state index contributed by atoms with van der Waals surface area (Å²) < 4.78 is 0. The molecule has 2 aliphatic heterocycles. The molecule has 2 heterocycles. The van der Waals surface area contributed by atoms with Crippen molar-refractivity contribution in [1.82, 2.24) is 10.2 Å². The topological polar surface area (TPSA) is 69.7 Å². The molecule has 2 fully saturated rings. The quantitative estimate of drug-likeness (QED) is 0.847. The van der Waals surface area contributed by atoms with Crippen molar-refractivity contribution in [2.75, 3.05) is 24.5 Å². The lowest BCUT2D eigenvalue weighted by Crippen LogP contribution is -2.46. The maximum absolute atomic E-state index is 12.9. The van der Waals surface area contributed by atoms with Crippen LogP contribution in [0.25, 0.3) is 0 Å². The van der Waals surface area contributed by atoms with E-state index in [2.05, 4.69) is 12.2 Å². The lowest BCUT2D eigenvalue weighted by molar-refractivity contribution is -0.139. The van der Waals surface area contributed by atoms with Gasteiger partial charge in [0.05, 0.1) is 5.92 Å². The van der Waals surface area contributed by atoms with Gasteiger partial charge in [0.2, 0.25) is 17.7 Å². The van der Waals surface area contributed by atoms with Crippen molar-refractivity contribution in [2.24, 2.45) is 11.8 Å². The van der Waals surface area contributed by atoms with Gasteiger partial charge in [-0.1, -0.05) is 24.6 Å². The number of anilines is 1. The average molecular weight is 386 g/mol. The Morgan fingerprint density at radius 3 is 2.39 bits per heavy atom. The SMILES string of the molecule is CCC(C)NC(=O)C1CCN(C(=O)C2CC(=O)N(c3ccc(C)cc3)C2)CC1. The molecule has 6 heteroatoms. The van der Waals surface area contributed by atoms with Crippen molar-refractivity contribution < 1.29 is 14.4 Å². The monoisotopic (exact) mass is 385 g/mol. The fourth-order valence-corrected chi connectivity index (χ4v) is 3.93. The van der Waals surface area contributed by atoms with Gasteiger partial charge in [0, 0.05) is 43.7 Å². The number of nitrogens with zero attached hydrogens (tertiary/aromatic N) is 2. The molecular weight excluding hydrogens is 354 g/mol. The zero-order valence-corrected chi connectivity index (χ0v) is 17.1. The highest BCUT2D eigenvalue weighted by Gasteiger charge is 2.38. The van der Waals surface area contributed by atoms with Crippen molar-refractivity contribution in [3.63, 3.8) is 0 Å². The predicted molar refractivity (Wildman–Crippen MR) is 109 cm³/mol. The molecular formula is C22H31N3O3. The van der Waals surface area contributed by atoms with Crippen LogP contribution in [-0.2, 0) is 14.4 Å². The highest BCUT2D eigenvalue weighted by Crippen LogP contribution is 2.28.